The number of piperidine rings is 1. The largest absolute Gasteiger partial charge is 0.451 e. The van der Waals surface area contributed by atoms with Crippen molar-refractivity contribution < 1.29 is 19.2 Å². The highest BCUT2D eigenvalue weighted by Crippen LogP contribution is 2.41. The van der Waals surface area contributed by atoms with E-state index in [2.05, 4.69) is 0 Å². The normalized spacial score (nSPS) is 19.5. The van der Waals surface area contributed by atoms with Crippen molar-refractivity contribution in [2.75, 3.05) is 0 Å². The summed E-state index contributed by atoms with van der Waals surface area (Å²) >= 11 is 0. The number of non-ortho nitro benzene ring substituents is 1. The van der Waals surface area contributed by atoms with Gasteiger partial charge >= 0.3 is 5.97 Å². The van der Waals surface area contributed by atoms with Crippen LogP contribution in [0.3, 0.4) is 0 Å². The van der Waals surface area contributed by atoms with Gasteiger partial charge in [0.2, 0.25) is 5.91 Å². The van der Waals surface area contributed by atoms with Crippen LogP contribution in [0.1, 0.15) is 60.1 Å². The molecule has 1 amide bonds. The van der Waals surface area contributed by atoms with Crippen LogP contribution in [0.15, 0.2) is 78.9 Å². The molecule has 0 N–H and O–H groups in total. The highest BCUT2D eigenvalue weighted by molar-refractivity contribution is 5.86. The monoisotopic (exact) mass is 470 g/mol. The van der Waals surface area contributed by atoms with Crippen LogP contribution in [0.5, 0.6) is 0 Å². The summed E-state index contributed by atoms with van der Waals surface area (Å²) in [5.41, 5.74) is 3.39. The Labute approximate surface area is 203 Å². The fourth-order valence-corrected chi connectivity index (χ4v) is 5.27. The average Bonchev–Trinajstić information content (AvgIpc) is 3.04. The number of nitro groups is 1. The van der Waals surface area contributed by atoms with Gasteiger partial charge in [-0.05, 0) is 47.9 Å². The third-order valence-corrected chi connectivity index (χ3v) is 6.93. The first-order valence-electron chi connectivity index (χ1n) is 11.9. The lowest BCUT2D eigenvalue weighted by Crippen LogP contribution is -2.49. The van der Waals surface area contributed by atoms with E-state index in [1.165, 1.54) is 6.07 Å². The molecule has 2 aliphatic rings. The Morgan fingerprint density at radius 3 is 2.23 bits per heavy atom. The summed E-state index contributed by atoms with van der Waals surface area (Å²) < 4.78 is 6.11. The van der Waals surface area contributed by atoms with E-state index in [1.54, 1.807) is 17.0 Å². The van der Waals surface area contributed by atoms with Gasteiger partial charge in [0.05, 0.1) is 11.0 Å². The Morgan fingerprint density at radius 2 is 1.60 bits per heavy atom. The Bertz CT molecular complexity index is 1210. The molecule has 7 heteroatoms. The fourth-order valence-electron chi connectivity index (χ4n) is 5.27. The molecule has 5 rings (SSSR count). The molecule has 2 aliphatic heterocycles. The van der Waals surface area contributed by atoms with E-state index in [-0.39, 0.29) is 24.1 Å². The number of hydrogen-bond acceptors (Lipinski definition) is 5. The number of ether oxygens (including phenoxy) is 1. The molecule has 0 radical (unpaired) electrons. The number of aryl methyl sites for hydroxylation is 1. The van der Waals surface area contributed by atoms with Crippen molar-refractivity contribution in [3.63, 3.8) is 0 Å². The maximum Gasteiger partial charge on any atom is 0.329 e. The van der Waals surface area contributed by atoms with Crippen molar-refractivity contribution in [1.29, 1.82) is 0 Å². The van der Waals surface area contributed by atoms with Crippen LogP contribution in [0, 0.1) is 10.1 Å². The molecule has 0 aromatic heterocycles. The van der Waals surface area contributed by atoms with E-state index >= 15 is 0 Å². The minimum absolute atomic E-state index is 0.00373. The van der Waals surface area contributed by atoms with Crippen LogP contribution in [-0.4, -0.2) is 27.7 Å². The van der Waals surface area contributed by atoms with Gasteiger partial charge < -0.3 is 9.64 Å². The smallest absolute Gasteiger partial charge is 0.329 e. The van der Waals surface area contributed by atoms with Crippen molar-refractivity contribution >= 4 is 17.6 Å². The Hall–Kier alpha value is -4.00. The summed E-state index contributed by atoms with van der Waals surface area (Å²) in [5.74, 6) is -0.568. The lowest BCUT2D eigenvalue weighted by atomic mass is 9.89. The highest BCUT2D eigenvalue weighted by Gasteiger charge is 2.42. The summed E-state index contributed by atoms with van der Waals surface area (Å²) in [7, 11) is 0. The fraction of sp³-hybridized carbons (Fsp3) is 0.286. The number of carbonyl (C=O) groups excluding carboxylic acids is 2. The summed E-state index contributed by atoms with van der Waals surface area (Å²) in [6, 6.07) is 22.8. The standard InChI is InChI=1S/C28H26N2O5/c31-26-17-15-19-14-16-22(30(33)34)18-23(19)24-12-7-13-25(29(24)26)28(32)35-27(20-8-3-1-4-9-20)21-10-5-2-6-11-21/h1-6,8-11,14,16,18,24-25,27H,7,12-13,15,17H2. The zero-order chi connectivity index (χ0) is 24.4. The van der Waals surface area contributed by atoms with Crippen LogP contribution >= 0.6 is 0 Å². The average molecular weight is 471 g/mol. The Kier molecular flexibility index (Phi) is 6.31. The lowest BCUT2D eigenvalue weighted by Gasteiger charge is -2.41. The predicted octanol–water partition coefficient (Wildman–Crippen LogP) is 5.30. The zero-order valence-electron chi connectivity index (χ0n) is 19.2. The molecule has 1 fully saturated rings. The van der Waals surface area contributed by atoms with Crippen LogP contribution in [0.25, 0.3) is 0 Å². The molecule has 1 saturated heterocycles. The first-order chi connectivity index (χ1) is 17.0. The zero-order valence-corrected chi connectivity index (χ0v) is 19.2. The van der Waals surface area contributed by atoms with Gasteiger partial charge in [-0.25, -0.2) is 4.79 Å². The van der Waals surface area contributed by atoms with E-state index in [4.69, 9.17) is 4.74 Å². The van der Waals surface area contributed by atoms with Crippen LogP contribution in [0.4, 0.5) is 5.69 Å². The molecule has 3 aromatic carbocycles. The molecule has 0 spiro atoms. The Morgan fingerprint density at radius 1 is 0.943 bits per heavy atom. The summed E-state index contributed by atoms with van der Waals surface area (Å²) in [6.07, 6.45) is 2.04. The van der Waals surface area contributed by atoms with Crippen molar-refractivity contribution in [2.24, 2.45) is 0 Å². The SMILES string of the molecule is O=C(OC(c1ccccc1)c1ccccc1)C1CCCC2c3cc([N+](=O)[O-])ccc3CCC(=O)N12. The maximum absolute atomic E-state index is 13.6. The van der Waals surface area contributed by atoms with Gasteiger partial charge in [0.15, 0.2) is 6.10 Å². The number of esters is 1. The number of amides is 1. The number of nitrogens with zero attached hydrogens (tertiary/aromatic N) is 2. The summed E-state index contributed by atoms with van der Waals surface area (Å²) in [6.45, 7) is 0. The van der Waals surface area contributed by atoms with Crippen LogP contribution < -0.4 is 0 Å². The first-order valence-corrected chi connectivity index (χ1v) is 11.9. The molecule has 0 aliphatic carbocycles. The van der Waals surface area contributed by atoms with Crippen LogP contribution in [0.2, 0.25) is 0 Å². The molecular formula is C28H26N2O5. The number of carbonyl (C=O) groups is 2. The Balaban J connectivity index is 1.47. The van der Waals surface area contributed by atoms with E-state index in [0.717, 1.165) is 28.7 Å². The molecule has 0 saturated carbocycles. The molecule has 2 atom stereocenters. The van der Waals surface area contributed by atoms with Crippen molar-refractivity contribution in [3.05, 3.63) is 111 Å². The topological polar surface area (TPSA) is 89.7 Å². The summed E-state index contributed by atoms with van der Waals surface area (Å²) in [4.78, 5) is 39.5. The second-order valence-electron chi connectivity index (χ2n) is 9.04. The van der Waals surface area contributed by atoms with E-state index in [0.29, 0.717) is 19.3 Å². The predicted molar refractivity (Wildman–Crippen MR) is 129 cm³/mol. The van der Waals surface area contributed by atoms with Crippen molar-refractivity contribution in [1.82, 2.24) is 4.90 Å². The molecule has 2 unspecified atom stereocenters. The van der Waals surface area contributed by atoms with Gasteiger partial charge in [0.25, 0.3) is 5.69 Å². The van der Waals surface area contributed by atoms with E-state index in [9.17, 15) is 19.7 Å². The lowest BCUT2D eigenvalue weighted by molar-refractivity contribution is -0.385. The van der Waals surface area contributed by atoms with E-state index in [1.807, 2.05) is 60.7 Å². The third-order valence-electron chi connectivity index (χ3n) is 6.93. The molecular weight excluding hydrogens is 444 g/mol. The summed E-state index contributed by atoms with van der Waals surface area (Å²) in [5, 5.41) is 11.4. The quantitative estimate of drug-likeness (QED) is 0.287. The molecule has 2 heterocycles. The minimum atomic E-state index is -0.735. The third kappa shape index (κ3) is 4.54. The number of rotatable bonds is 5. The van der Waals surface area contributed by atoms with Crippen molar-refractivity contribution in [2.45, 2.75) is 50.3 Å². The minimum Gasteiger partial charge on any atom is -0.451 e. The number of hydrogen-bond donors (Lipinski definition) is 0. The molecule has 7 nitrogen and oxygen atoms in total. The second-order valence-corrected chi connectivity index (χ2v) is 9.04. The molecule has 178 valence electrons. The molecule has 35 heavy (non-hydrogen) atoms. The van der Waals surface area contributed by atoms with Crippen LogP contribution in [-0.2, 0) is 20.7 Å². The van der Waals surface area contributed by atoms with Gasteiger partial charge in [0, 0.05) is 18.6 Å². The van der Waals surface area contributed by atoms with Gasteiger partial charge in [-0.3, -0.25) is 14.9 Å². The molecule has 0 bridgehead atoms. The van der Waals surface area contributed by atoms with Gasteiger partial charge in [-0.15, -0.1) is 0 Å². The first kappa shape index (κ1) is 22.8. The highest BCUT2D eigenvalue weighted by atomic mass is 16.6. The van der Waals surface area contributed by atoms with E-state index < -0.39 is 23.0 Å². The number of benzene rings is 3. The van der Waals surface area contributed by atoms with Gasteiger partial charge in [-0.1, -0.05) is 66.7 Å². The molecule has 3 aromatic rings. The van der Waals surface area contributed by atoms with Gasteiger partial charge in [0.1, 0.15) is 6.04 Å². The van der Waals surface area contributed by atoms with Crippen molar-refractivity contribution in [3.8, 4) is 0 Å². The number of nitro benzene ring substituents is 1. The van der Waals surface area contributed by atoms with Gasteiger partial charge in [-0.2, -0.15) is 0 Å². The maximum atomic E-state index is 13.6. The number of fused-ring (bicyclic) bond motifs is 3. The second kappa shape index (κ2) is 9.70.